The molecule has 5 heteroatoms. The third-order valence-corrected chi connectivity index (χ3v) is 6.59. The first-order chi connectivity index (χ1) is 13.1. The Balaban J connectivity index is 1.32. The molecule has 148 valence electrons. The summed E-state index contributed by atoms with van der Waals surface area (Å²) in [5.74, 6) is 0.788. The van der Waals surface area contributed by atoms with Crippen molar-refractivity contribution in [1.29, 1.82) is 0 Å². The molecule has 1 aromatic carbocycles. The number of rotatable bonds is 3. The van der Waals surface area contributed by atoms with Crippen LogP contribution < -0.4 is 5.32 Å². The standard InChI is InChI=1S/C22H33N3O2/c1-18-4-2-5-20(14-18)23-21(26)25-11-9-22(17-25)8-3-10-24(16-22)15-19-6-12-27-13-7-19/h2,4-5,14,19H,3,6-13,15-17H2,1H3,(H,23,26)/t22-/m1/s1. The van der Waals surface area contributed by atoms with Gasteiger partial charge in [-0.2, -0.15) is 0 Å². The lowest BCUT2D eigenvalue weighted by atomic mass is 9.79. The first-order valence-electron chi connectivity index (χ1n) is 10.5. The summed E-state index contributed by atoms with van der Waals surface area (Å²) in [6.07, 6.45) is 6.06. The van der Waals surface area contributed by atoms with Crippen LogP contribution >= 0.6 is 0 Å². The van der Waals surface area contributed by atoms with Crippen LogP contribution in [-0.4, -0.2) is 61.8 Å². The number of piperidine rings is 1. The Hall–Kier alpha value is -1.59. The largest absolute Gasteiger partial charge is 0.381 e. The highest BCUT2D eigenvalue weighted by Crippen LogP contribution is 2.39. The minimum absolute atomic E-state index is 0.0547. The van der Waals surface area contributed by atoms with Crippen LogP contribution in [0.2, 0.25) is 0 Å². The molecule has 3 aliphatic heterocycles. The van der Waals surface area contributed by atoms with Gasteiger partial charge in [-0.3, -0.25) is 0 Å². The average Bonchev–Trinajstić information content (AvgIpc) is 3.06. The molecular weight excluding hydrogens is 338 g/mol. The topological polar surface area (TPSA) is 44.8 Å². The van der Waals surface area contributed by atoms with Crippen molar-refractivity contribution in [2.75, 3.05) is 51.3 Å². The van der Waals surface area contributed by atoms with E-state index in [4.69, 9.17) is 4.74 Å². The quantitative estimate of drug-likeness (QED) is 0.880. The number of ether oxygens (including phenoxy) is 1. The van der Waals surface area contributed by atoms with Gasteiger partial charge in [0.05, 0.1) is 0 Å². The lowest BCUT2D eigenvalue weighted by molar-refractivity contribution is 0.0321. The molecule has 4 rings (SSSR count). The lowest BCUT2D eigenvalue weighted by Gasteiger charge is -2.42. The van der Waals surface area contributed by atoms with Gasteiger partial charge in [0, 0.05) is 50.5 Å². The molecule has 2 amide bonds. The van der Waals surface area contributed by atoms with Gasteiger partial charge < -0.3 is 19.9 Å². The van der Waals surface area contributed by atoms with Crippen molar-refractivity contribution in [3.63, 3.8) is 0 Å². The number of aryl methyl sites for hydroxylation is 1. The summed E-state index contributed by atoms with van der Waals surface area (Å²) in [7, 11) is 0. The molecule has 1 aromatic rings. The van der Waals surface area contributed by atoms with Crippen LogP contribution in [0.25, 0.3) is 0 Å². The number of hydrogen-bond donors (Lipinski definition) is 1. The Morgan fingerprint density at radius 1 is 1.22 bits per heavy atom. The van der Waals surface area contributed by atoms with Gasteiger partial charge in [-0.25, -0.2) is 4.79 Å². The average molecular weight is 372 g/mol. The summed E-state index contributed by atoms with van der Waals surface area (Å²) < 4.78 is 5.51. The Bertz CT molecular complexity index is 659. The smallest absolute Gasteiger partial charge is 0.321 e. The van der Waals surface area contributed by atoms with E-state index in [0.29, 0.717) is 5.41 Å². The molecule has 1 N–H and O–H groups in total. The fraction of sp³-hybridized carbons (Fsp3) is 0.682. The van der Waals surface area contributed by atoms with E-state index in [9.17, 15) is 4.79 Å². The molecule has 0 aliphatic carbocycles. The minimum Gasteiger partial charge on any atom is -0.381 e. The van der Waals surface area contributed by atoms with Crippen molar-refractivity contribution < 1.29 is 9.53 Å². The molecule has 3 saturated heterocycles. The maximum Gasteiger partial charge on any atom is 0.321 e. The number of carbonyl (C=O) groups excluding carboxylic acids is 1. The second kappa shape index (κ2) is 8.19. The van der Waals surface area contributed by atoms with Gasteiger partial charge in [0.15, 0.2) is 0 Å². The zero-order valence-electron chi connectivity index (χ0n) is 16.6. The number of carbonyl (C=O) groups is 1. The Morgan fingerprint density at radius 2 is 2.07 bits per heavy atom. The van der Waals surface area contributed by atoms with Gasteiger partial charge in [0.1, 0.15) is 0 Å². The molecule has 5 nitrogen and oxygen atoms in total. The molecule has 3 heterocycles. The SMILES string of the molecule is Cc1cccc(NC(=O)N2CC[C@@]3(CCCN(CC4CCOCC4)C3)C2)c1. The molecule has 3 aliphatic rings. The molecule has 0 bridgehead atoms. The molecule has 0 radical (unpaired) electrons. The fourth-order valence-corrected chi connectivity index (χ4v) is 5.13. The summed E-state index contributed by atoms with van der Waals surface area (Å²) in [6, 6.07) is 8.09. The normalized spacial score (nSPS) is 27.2. The number of hydrogen-bond acceptors (Lipinski definition) is 3. The molecule has 1 spiro atoms. The highest BCUT2D eigenvalue weighted by atomic mass is 16.5. The van der Waals surface area contributed by atoms with Crippen molar-refractivity contribution in [2.45, 2.75) is 39.0 Å². The third kappa shape index (κ3) is 4.64. The predicted molar refractivity (Wildman–Crippen MR) is 108 cm³/mol. The Morgan fingerprint density at radius 3 is 2.89 bits per heavy atom. The summed E-state index contributed by atoms with van der Waals surface area (Å²) in [4.78, 5) is 17.4. The summed E-state index contributed by atoms with van der Waals surface area (Å²) in [5, 5.41) is 3.08. The molecular formula is C22H33N3O2. The number of likely N-dealkylation sites (tertiary alicyclic amines) is 2. The molecule has 0 saturated carbocycles. The van der Waals surface area contributed by atoms with Crippen molar-refractivity contribution in [3.05, 3.63) is 29.8 Å². The summed E-state index contributed by atoms with van der Waals surface area (Å²) in [5.41, 5.74) is 2.36. The number of benzene rings is 1. The van der Waals surface area contributed by atoms with Crippen LogP contribution in [0.15, 0.2) is 24.3 Å². The maximum atomic E-state index is 12.7. The maximum absolute atomic E-state index is 12.7. The van der Waals surface area contributed by atoms with E-state index >= 15 is 0 Å². The van der Waals surface area contributed by atoms with Crippen LogP contribution in [0, 0.1) is 18.3 Å². The molecule has 0 unspecified atom stereocenters. The van der Waals surface area contributed by atoms with E-state index in [0.717, 1.165) is 50.9 Å². The van der Waals surface area contributed by atoms with E-state index in [-0.39, 0.29) is 6.03 Å². The fourth-order valence-electron chi connectivity index (χ4n) is 5.13. The second-order valence-corrected chi connectivity index (χ2v) is 8.87. The monoisotopic (exact) mass is 371 g/mol. The summed E-state index contributed by atoms with van der Waals surface area (Å²) >= 11 is 0. The minimum atomic E-state index is 0.0547. The van der Waals surface area contributed by atoms with E-state index < -0.39 is 0 Å². The zero-order chi connectivity index (χ0) is 18.7. The van der Waals surface area contributed by atoms with Gasteiger partial charge in [-0.1, -0.05) is 12.1 Å². The van der Waals surface area contributed by atoms with E-state index in [1.54, 1.807) is 0 Å². The van der Waals surface area contributed by atoms with Crippen LogP contribution in [0.3, 0.4) is 0 Å². The Kier molecular flexibility index (Phi) is 5.69. The van der Waals surface area contributed by atoms with E-state index in [1.807, 2.05) is 23.1 Å². The summed E-state index contributed by atoms with van der Waals surface area (Å²) in [6.45, 7) is 9.26. The van der Waals surface area contributed by atoms with Crippen molar-refractivity contribution in [3.8, 4) is 0 Å². The van der Waals surface area contributed by atoms with Gasteiger partial charge >= 0.3 is 6.03 Å². The van der Waals surface area contributed by atoms with Gasteiger partial charge in [-0.05, 0) is 69.2 Å². The van der Waals surface area contributed by atoms with E-state index in [2.05, 4.69) is 23.2 Å². The Labute approximate surface area is 163 Å². The van der Waals surface area contributed by atoms with E-state index in [1.165, 1.54) is 44.3 Å². The van der Waals surface area contributed by atoms with Crippen molar-refractivity contribution in [1.82, 2.24) is 9.80 Å². The van der Waals surface area contributed by atoms with Crippen molar-refractivity contribution in [2.24, 2.45) is 11.3 Å². The third-order valence-electron chi connectivity index (χ3n) is 6.59. The van der Waals surface area contributed by atoms with Crippen LogP contribution in [0.5, 0.6) is 0 Å². The number of urea groups is 1. The van der Waals surface area contributed by atoms with Crippen LogP contribution in [-0.2, 0) is 4.74 Å². The molecule has 27 heavy (non-hydrogen) atoms. The number of nitrogens with zero attached hydrogens (tertiary/aromatic N) is 2. The number of anilines is 1. The highest BCUT2D eigenvalue weighted by Gasteiger charge is 2.43. The molecule has 1 atom stereocenters. The predicted octanol–water partition coefficient (Wildman–Crippen LogP) is 3.74. The van der Waals surface area contributed by atoms with Crippen molar-refractivity contribution >= 4 is 11.7 Å². The second-order valence-electron chi connectivity index (χ2n) is 8.87. The van der Waals surface area contributed by atoms with Crippen LogP contribution in [0.4, 0.5) is 10.5 Å². The lowest BCUT2D eigenvalue weighted by Crippen LogP contribution is -2.47. The first-order valence-corrected chi connectivity index (χ1v) is 10.5. The molecule has 3 fully saturated rings. The highest BCUT2D eigenvalue weighted by molar-refractivity contribution is 5.89. The molecule has 0 aromatic heterocycles. The van der Waals surface area contributed by atoms with Gasteiger partial charge in [0.25, 0.3) is 0 Å². The first kappa shape index (κ1) is 18.8. The van der Waals surface area contributed by atoms with Crippen LogP contribution in [0.1, 0.15) is 37.7 Å². The number of nitrogens with one attached hydrogen (secondary N) is 1. The zero-order valence-corrected chi connectivity index (χ0v) is 16.6. The van der Waals surface area contributed by atoms with Gasteiger partial charge in [0.2, 0.25) is 0 Å². The number of amides is 2. The van der Waals surface area contributed by atoms with Gasteiger partial charge in [-0.15, -0.1) is 0 Å².